The molecule has 1 N–H and O–H groups in total. The second-order valence-electron chi connectivity index (χ2n) is 8.53. The Kier molecular flexibility index (Phi) is 10.2. The molecule has 0 bridgehead atoms. The van der Waals surface area contributed by atoms with Crippen molar-refractivity contribution < 1.29 is 19.1 Å². The molecule has 170 valence electrons. The predicted octanol–water partition coefficient (Wildman–Crippen LogP) is 4.62. The van der Waals surface area contributed by atoms with Gasteiger partial charge in [0.05, 0.1) is 13.5 Å². The number of alkyl halides is 2. The van der Waals surface area contributed by atoms with Crippen LogP contribution in [0.25, 0.3) is 0 Å². The summed E-state index contributed by atoms with van der Waals surface area (Å²) < 4.78 is 10.2. The number of halogens is 2. The molecule has 1 amide bonds. The van der Waals surface area contributed by atoms with Crippen LogP contribution in [0.4, 0.5) is 10.5 Å². The largest absolute Gasteiger partial charge is 0.469 e. The van der Waals surface area contributed by atoms with Gasteiger partial charge in [-0.15, -0.1) is 23.2 Å². The number of rotatable bonds is 10. The molecule has 6 nitrogen and oxygen atoms in total. The van der Waals surface area contributed by atoms with Crippen LogP contribution in [0, 0.1) is 6.92 Å². The summed E-state index contributed by atoms with van der Waals surface area (Å²) in [6, 6.07) is 6.03. The SMILES string of the molecule is COC(=O)CC(C)(CNC(=O)OC(C)(C)C)c1ccc(N(CCCl)CCCl)cc1C. The summed E-state index contributed by atoms with van der Waals surface area (Å²) in [6.07, 6.45) is -0.407. The zero-order valence-corrected chi connectivity index (χ0v) is 20.3. The summed E-state index contributed by atoms with van der Waals surface area (Å²) in [5, 5.41) is 2.80. The van der Waals surface area contributed by atoms with Crippen molar-refractivity contribution in [1.29, 1.82) is 0 Å². The average molecular weight is 461 g/mol. The molecule has 1 rings (SSSR count). The van der Waals surface area contributed by atoms with Gasteiger partial charge in [0.15, 0.2) is 0 Å². The molecule has 1 unspecified atom stereocenters. The van der Waals surface area contributed by atoms with Crippen molar-refractivity contribution in [2.45, 2.75) is 52.1 Å². The number of nitrogens with zero attached hydrogens (tertiary/aromatic N) is 1. The highest BCUT2D eigenvalue weighted by molar-refractivity contribution is 6.18. The maximum Gasteiger partial charge on any atom is 0.407 e. The molecule has 0 aliphatic rings. The molecule has 0 heterocycles. The molecule has 0 radical (unpaired) electrons. The van der Waals surface area contributed by atoms with Crippen LogP contribution >= 0.6 is 23.2 Å². The van der Waals surface area contributed by atoms with Crippen LogP contribution in [0.15, 0.2) is 18.2 Å². The number of hydrogen-bond donors (Lipinski definition) is 1. The van der Waals surface area contributed by atoms with Crippen LogP contribution in [-0.2, 0) is 19.7 Å². The third-order valence-electron chi connectivity index (χ3n) is 4.72. The summed E-state index contributed by atoms with van der Waals surface area (Å²) in [6.45, 7) is 10.9. The lowest BCUT2D eigenvalue weighted by Gasteiger charge is -2.32. The first-order valence-electron chi connectivity index (χ1n) is 9.97. The molecule has 0 aromatic heterocycles. The number of alkyl carbamates (subject to hydrolysis) is 1. The van der Waals surface area contributed by atoms with Crippen LogP contribution in [0.5, 0.6) is 0 Å². The Hall–Kier alpha value is -1.66. The fourth-order valence-corrected chi connectivity index (χ4v) is 3.73. The maximum absolute atomic E-state index is 12.2. The third kappa shape index (κ3) is 8.23. The highest BCUT2D eigenvalue weighted by Gasteiger charge is 2.33. The van der Waals surface area contributed by atoms with Crippen molar-refractivity contribution in [2.24, 2.45) is 0 Å². The van der Waals surface area contributed by atoms with E-state index in [0.29, 0.717) is 24.8 Å². The number of esters is 1. The molecule has 1 atom stereocenters. The smallest absolute Gasteiger partial charge is 0.407 e. The molecule has 0 saturated heterocycles. The fourth-order valence-electron chi connectivity index (χ4n) is 3.32. The molecule has 8 heteroatoms. The van der Waals surface area contributed by atoms with E-state index in [-0.39, 0.29) is 18.9 Å². The highest BCUT2D eigenvalue weighted by atomic mass is 35.5. The molecule has 1 aromatic rings. The van der Waals surface area contributed by atoms with E-state index in [1.165, 1.54) is 7.11 Å². The number of ether oxygens (including phenoxy) is 2. The molecule has 0 aliphatic carbocycles. The molecule has 0 aliphatic heterocycles. The highest BCUT2D eigenvalue weighted by Crippen LogP contribution is 2.33. The van der Waals surface area contributed by atoms with Crippen molar-refractivity contribution in [2.75, 3.05) is 43.4 Å². The number of amides is 1. The minimum Gasteiger partial charge on any atom is -0.469 e. The van der Waals surface area contributed by atoms with Gasteiger partial charge >= 0.3 is 12.1 Å². The van der Waals surface area contributed by atoms with Gasteiger partial charge in [0.25, 0.3) is 0 Å². The first-order valence-corrected chi connectivity index (χ1v) is 11.0. The van der Waals surface area contributed by atoms with Gasteiger partial charge in [-0.1, -0.05) is 13.0 Å². The molecular formula is C22H34Cl2N2O4. The van der Waals surface area contributed by atoms with Crippen molar-refractivity contribution in [3.05, 3.63) is 29.3 Å². The van der Waals surface area contributed by atoms with Crippen LogP contribution in [0.2, 0.25) is 0 Å². The summed E-state index contributed by atoms with van der Waals surface area (Å²) in [5.74, 6) is 0.646. The average Bonchev–Trinajstić information content (AvgIpc) is 2.64. The second-order valence-corrected chi connectivity index (χ2v) is 9.29. The number of aryl methyl sites for hydroxylation is 1. The number of carbonyl (C=O) groups excluding carboxylic acids is 2. The van der Waals surface area contributed by atoms with Gasteiger partial charge in [0.1, 0.15) is 5.60 Å². The van der Waals surface area contributed by atoms with Crippen molar-refractivity contribution in [3.8, 4) is 0 Å². The number of benzene rings is 1. The quantitative estimate of drug-likeness (QED) is 0.407. The minimum atomic E-state index is -0.670. The van der Waals surface area contributed by atoms with Crippen LogP contribution in [-0.4, -0.2) is 56.2 Å². The number of anilines is 1. The Balaban J connectivity index is 3.17. The van der Waals surface area contributed by atoms with E-state index in [1.807, 2.05) is 26.0 Å². The number of nitrogens with one attached hydrogen (secondary N) is 1. The van der Waals surface area contributed by atoms with E-state index in [9.17, 15) is 9.59 Å². The topological polar surface area (TPSA) is 67.9 Å². The normalized spacial score (nSPS) is 13.3. The summed E-state index contributed by atoms with van der Waals surface area (Å²) in [4.78, 5) is 26.4. The Morgan fingerprint density at radius 3 is 2.17 bits per heavy atom. The van der Waals surface area contributed by atoms with E-state index in [2.05, 4.69) is 16.3 Å². The predicted molar refractivity (Wildman–Crippen MR) is 123 cm³/mol. The van der Waals surface area contributed by atoms with Crippen molar-refractivity contribution in [1.82, 2.24) is 5.32 Å². The Bertz CT molecular complexity index is 716. The Morgan fingerprint density at radius 2 is 1.70 bits per heavy atom. The third-order valence-corrected chi connectivity index (χ3v) is 5.06. The van der Waals surface area contributed by atoms with Crippen LogP contribution in [0.3, 0.4) is 0 Å². The zero-order chi connectivity index (χ0) is 22.9. The fraction of sp³-hybridized carbons (Fsp3) is 0.636. The number of methoxy groups -OCH3 is 1. The monoisotopic (exact) mass is 460 g/mol. The lowest BCUT2D eigenvalue weighted by Crippen LogP contribution is -2.43. The summed E-state index contributed by atoms with van der Waals surface area (Å²) in [7, 11) is 1.36. The standard InChI is InChI=1S/C22H34Cl2N2O4/c1-16-13-17(26(11-9-23)12-10-24)7-8-18(16)22(5,14-19(27)29-6)15-25-20(28)30-21(2,3)4/h7-8,13H,9-12,14-15H2,1-6H3,(H,25,28). The molecule has 30 heavy (non-hydrogen) atoms. The van der Waals surface area contributed by atoms with E-state index < -0.39 is 17.1 Å². The second kappa shape index (κ2) is 11.7. The first kappa shape index (κ1) is 26.4. The molecular weight excluding hydrogens is 427 g/mol. The van der Waals surface area contributed by atoms with E-state index in [4.69, 9.17) is 32.7 Å². The lowest BCUT2D eigenvalue weighted by atomic mass is 9.77. The van der Waals surface area contributed by atoms with E-state index >= 15 is 0 Å². The number of hydrogen-bond acceptors (Lipinski definition) is 5. The molecule has 0 fully saturated rings. The molecule has 0 saturated carbocycles. The van der Waals surface area contributed by atoms with Crippen molar-refractivity contribution in [3.63, 3.8) is 0 Å². The van der Waals surface area contributed by atoms with Gasteiger partial charge in [-0.3, -0.25) is 4.79 Å². The van der Waals surface area contributed by atoms with Gasteiger partial charge in [0, 0.05) is 42.5 Å². The van der Waals surface area contributed by atoms with E-state index in [1.54, 1.807) is 20.8 Å². The van der Waals surface area contributed by atoms with E-state index in [0.717, 1.165) is 16.8 Å². The van der Waals surface area contributed by atoms with Crippen molar-refractivity contribution >= 4 is 41.0 Å². The van der Waals surface area contributed by atoms with Gasteiger partial charge in [-0.2, -0.15) is 0 Å². The summed E-state index contributed by atoms with van der Waals surface area (Å²) >= 11 is 11.9. The van der Waals surface area contributed by atoms with Gasteiger partial charge in [-0.25, -0.2) is 4.79 Å². The zero-order valence-electron chi connectivity index (χ0n) is 18.8. The van der Waals surface area contributed by atoms with Crippen LogP contribution < -0.4 is 10.2 Å². The Labute approximate surface area is 190 Å². The van der Waals surface area contributed by atoms with Gasteiger partial charge < -0.3 is 19.7 Å². The van der Waals surface area contributed by atoms with Crippen LogP contribution in [0.1, 0.15) is 45.2 Å². The molecule has 1 aromatic carbocycles. The maximum atomic E-state index is 12.2. The molecule has 0 spiro atoms. The summed E-state index contributed by atoms with van der Waals surface area (Å²) in [5.41, 5.74) is 1.69. The van der Waals surface area contributed by atoms with Gasteiger partial charge in [-0.05, 0) is 51.0 Å². The number of carbonyl (C=O) groups is 2. The minimum absolute atomic E-state index is 0.118. The first-order chi connectivity index (χ1) is 14.0. The van der Waals surface area contributed by atoms with Gasteiger partial charge in [0.2, 0.25) is 0 Å². The lowest BCUT2D eigenvalue weighted by molar-refractivity contribution is -0.142. The Morgan fingerprint density at radius 1 is 1.10 bits per heavy atom.